The normalized spacial score (nSPS) is 41.3. The lowest BCUT2D eigenvalue weighted by molar-refractivity contribution is -0.0238. The van der Waals surface area contributed by atoms with Gasteiger partial charge in [-0.15, -0.1) is 0 Å². The molecule has 6 atom stereocenters. The maximum atomic E-state index is 10.2. The highest BCUT2D eigenvalue weighted by molar-refractivity contribution is 5.84. The molecule has 152 valence electrons. The number of fused-ring (bicyclic) bond motifs is 6. The van der Waals surface area contributed by atoms with Gasteiger partial charge < -0.3 is 5.11 Å². The number of benzene rings is 1. The summed E-state index contributed by atoms with van der Waals surface area (Å²) in [6.45, 7) is 5.05. The van der Waals surface area contributed by atoms with Crippen LogP contribution in [0.25, 0.3) is 16.5 Å². The fourth-order valence-corrected chi connectivity index (χ4v) is 7.76. The molecular weight excluding hydrogens is 356 g/mol. The Morgan fingerprint density at radius 2 is 1.90 bits per heavy atom. The van der Waals surface area contributed by atoms with Crippen LogP contribution in [0.1, 0.15) is 64.4 Å². The number of allylic oxidation sites excluding steroid dienone is 3. The van der Waals surface area contributed by atoms with Crippen molar-refractivity contribution in [3.05, 3.63) is 47.7 Å². The Hall–Kier alpha value is -1.87. The lowest BCUT2D eigenvalue weighted by atomic mass is 9.47. The molecule has 0 bridgehead atoms. The maximum Gasteiger partial charge on any atom is 0.0656 e. The summed E-state index contributed by atoms with van der Waals surface area (Å²) >= 11 is 0. The third-order valence-electron chi connectivity index (χ3n) is 9.41. The van der Waals surface area contributed by atoms with Gasteiger partial charge in [0.05, 0.1) is 17.8 Å². The molecule has 4 aliphatic carbocycles. The largest absolute Gasteiger partial charge is 0.393 e. The number of H-pyrrole nitrogens is 1. The van der Waals surface area contributed by atoms with Crippen molar-refractivity contribution in [1.82, 2.24) is 10.2 Å². The molecule has 2 N–H and O–H groups in total. The smallest absolute Gasteiger partial charge is 0.0656 e. The van der Waals surface area contributed by atoms with Gasteiger partial charge in [-0.25, -0.2) is 0 Å². The van der Waals surface area contributed by atoms with Crippen LogP contribution in [0.5, 0.6) is 0 Å². The predicted octanol–water partition coefficient (Wildman–Crippen LogP) is 5.88. The minimum absolute atomic E-state index is 0.114. The van der Waals surface area contributed by atoms with Crippen LogP contribution < -0.4 is 0 Å². The van der Waals surface area contributed by atoms with E-state index in [0.29, 0.717) is 5.41 Å². The Morgan fingerprint density at radius 1 is 1.03 bits per heavy atom. The third kappa shape index (κ3) is 2.43. The van der Waals surface area contributed by atoms with Gasteiger partial charge >= 0.3 is 0 Å². The van der Waals surface area contributed by atoms with Crippen LogP contribution in [-0.4, -0.2) is 21.4 Å². The molecule has 0 saturated heterocycles. The Balaban J connectivity index is 1.34. The maximum absolute atomic E-state index is 10.2. The molecule has 0 unspecified atom stereocenters. The summed E-state index contributed by atoms with van der Waals surface area (Å²) < 4.78 is 0. The highest BCUT2D eigenvalue weighted by Crippen LogP contribution is 2.66. The average molecular weight is 389 g/mol. The molecule has 4 aliphatic rings. The van der Waals surface area contributed by atoms with Crippen LogP contribution in [0.3, 0.4) is 0 Å². The van der Waals surface area contributed by atoms with E-state index in [0.717, 1.165) is 36.1 Å². The molecule has 29 heavy (non-hydrogen) atoms. The highest BCUT2D eigenvalue weighted by Gasteiger charge is 2.56. The van der Waals surface area contributed by atoms with Gasteiger partial charge in [0.2, 0.25) is 0 Å². The van der Waals surface area contributed by atoms with E-state index < -0.39 is 0 Å². The number of rotatable bonds is 1. The Kier molecular flexibility index (Phi) is 3.76. The van der Waals surface area contributed by atoms with Gasteiger partial charge in [0.15, 0.2) is 0 Å². The number of nitrogens with one attached hydrogen (secondary N) is 1. The number of hydrogen-bond acceptors (Lipinski definition) is 2. The van der Waals surface area contributed by atoms with E-state index in [1.165, 1.54) is 43.1 Å². The number of aliphatic hydroxyl groups is 1. The zero-order chi connectivity index (χ0) is 19.8. The van der Waals surface area contributed by atoms with Gasteiger partial charge in [-0.05, 0) is 90.7 Å². The summed E-state index contributed by atoms with van der Waals surface area (Å²) in [5.41, 5.74) is 6.26. The van der Waals surface area contributed by atoms with Crippen molar-refractivity contribution in [1.29, 1.82) is 0 Å². The second-order valence-corrected chi connectivity index (χ2v) is 10.6. The zero-order valence-corrected chi connectivity index (χ0v) is 17.6. The first kappa shape index (κ1) is 17.9. The number of aromatic nitrogens is 2. The van der Waals surface area contributed by atoms with Crippen LogP contribution in [0, 0.1) is 28.6 Å². The lowest BCUT2D eigenvalue weighted by Gasteiger charge is -2.57. The molecule has 2 fully saturated rings. The number of aliphatic hydroxyl groups excluding tert-OH is 1. The Morgan fingerprint density at radius 3 is 2.79 bits per heavy atom. The third-order valence-corrected chi connectivity index (χ3v) is 9.41. The van der Waals surface area contributed by atoms with Crippen LogP contribution in [-0.2, 0) is 0 Å². The van der Waals surface area contributed by atoms with Crippen LogP contribution >= 0.6 is 0 Å². The molecule has 2 saturated carbocycles. The van der Waals surface area contributed by atoms with E-state index in [9.17, 15) is 5.11 Å². The average Bonchev–Trinajstić information content (AvgIpc) is 3.31. The molecule has 3 heteroatoms. The monoisotopic (exact) mass is 388 g/mol. The second-order valence-electron chi connectivity index (χ2n) is 10.6. The predicted molar refractivity (Wildman–Crippen MR) is 117 cm³/mol. The summed E-state index contributed by atoms with van der Waals surface area (Å²) in [4.78, 5) is 0. The molecule has 2 aromatic rings. The van der Waals surface area contributed by atoms with Crippen molar-refractivity contribution in [2.75, 3.05) is 0 Å². The summed E-state index contributed by atoms with van der Waals surface area (Å²) in [6, 6.07) is 6.81. The first-order valence-corrected chi connectivity index (χ1v) is 11.5. The van der Waals surface area contributed by atoms with Crippen molar-refractivity contribution >= 4 is 16.5 Å². The van der Waals surface area contributed by atoms with Gasteiger partial charge in [0, 0.05) is 5.39 Å². The summed E-state index contributed by atoms with van der Waals surface area (Å²) in [6.07, 6.45) is 15.0. The topological polar surface area (TPSA) is 48.9 Å². The lowest BCUT2D eigenvalue weighted by Crippen LogP contribution is -2.49. The fraction of sp³-hybridized carbons (Fsp3) is 0.577. The molecule has 0 aliphatic heterocycles. The van der Waals surface area contributed by atoms with E-state index in [2.05, 4.69) is 54.4 Å². The second kappa shape index (κ2) is 6.07. The molecule has 1 aromatic heterocycles. The van der Waals surface area contributed by atoms with Crippen LogP contribution in [0.4, 0.5) is 0 Å². The summed E-state index contributed by atoms with van der Waals surface area (Å²) in [7, 11) is 0. The molecular formula is C26H32N2O. The van der Waals surface area contributed by atoms with Crippen LogP contribution in [0.15, 0.2) is 42.1 Å². The molecule has 0 radical (unpaired) electrons. The molecule has 0 amide bonds. The zero-order valence-electron chi connectivity index (χ0n) is 17.6. The molecule has 3 nitrogen and oxygen atoms in total. The minimum Gasteiger partial charge on any atom is -0.393 e. The first-order chi connectivity index (χ1) is 14.0. The van der Waals surface area contributed by atoms with Crippen molar-refractivity contribution in [3.8, 4) is 0 Å². The Bertz CT molecular complexity index is 1030. The first-order valence-electron chi connectivity index (χ1n) is 11.5. The van der Waals surface area contributed by atoms with Gasteiger partial charge in [0.25, 0.3) is 0 Å². The van der Waals surface area contributed by atoms with Crippen molar-refractivity contribution in [3.63, 3.8) is 0 Å². The summed E-state index contributed by atoms with van der Waals surface area (Å²) in [5.74, 6) is 2.31. The Labute approximate surface area is 173 Å². The minimum atomic E-state index is -0.114. The molecule has 0 spiro atoms. The SMILES string of the molecule is C[C@]12CC[C@@H](O)CC1=CC[C@@H]1[C@@H]2CC[C@]2(C)C(c3ccc4cn[nH]c4c3)=CC[C@@H]12. The van der Waals surface area contributed by atoms with Crippen molar-refractivity contribution in [2.24, 2.45) is 28.6 Å². The van der Waals surface area contributed by atoms with E-state index in [1.807, 2.05) is 6.20 Å². The van der Waals surface area contributed by atoms with Gasteiger partial charge in [-0.3, -0.25) is 5.10 Å². The van der Waals surface area contributed by atoms with Gasteiger partial charge in [0.1, 0.15) is 0 Å². The standard InChI is InChI=1S/C26H32N2O/c1-25-11-9-19(29)14-18(25)5-6-20-22-8-7-21(26(22,2)12-10-23(20)25)16-3-4-17-15-27-28-24(17)13-16/h3-5,7,13,15,19-20,22-23,29H,6,8-12,14H2,1-2H3,(H,27,28)/t19-,20+,22+,23+,25+,26-/m1/s1. The van der Waals surface area contributed by atoms with E-state index in [1.54, 1.807) is 11.1 Å². The van der Waals surface area contributed by atoms with E-state index >= 15 is 0 Å². The quantitative estimate of drug-likeness (QED) is 0.599. The van der Waals surface area contributed by atoms with Crippen LogP contribution in [0.2, 0.25) is 0 Å². The van der Waals surface area contributed by atoms with E-state index in [-0.39, 0.29) is 11.5 Å². The van der Waals surface area contributed by atoms with Gasteiger partial charge in [-0.1, -0.05) is 43.7 Å². The molecule has 1 aromatic carbocycles. The highest BCUT2D eigenvalue weighted by atomic mass is 16.3. The fourth-order valence-electron chi connectivity index (χ4n) is 7.76. The van der Waals surface area contributed by atoms with Crippen molar-refractivity contribution in [2.45, 2.75) is 64.9 Å². The number of aromatic amines is 1. The van der Waals surface area contributed by atoms with Gasteiger partial charge in [-0.2, -0.15) is 5.10 Å². The summed E-state index contributed by atoms with van der Waals surface area (Å²) in [5, 5.41) is 18.8. The number of hydrogen-bond donors (Lipinski definition) is 2. The molecule has 1 heterocycles. The number of nitrogens with zero attached hydrogens (tertiary/aromatic N) is 1. The molecule has 6 rings (SSSR count). The van der Waals surface area contributed by atoms with E-state index in [4.69, 9.17) is 0 Å². The van der Waals surface area contributed by atoms with Crippen molar-refractivity contribution < 1.29 is 5.11 Å².